The number of likely N-dealkylation sites (tertiary alicyclic amines) is 1. The number of aromatic nitrogens is 4. The third-order valence-electron chi connectivity index (χ3n) is 9.12. The Bertz CT molecular complexity index is 1340. The van der Waals surface area contributed by atoms with Crippen LogP contribution in [0.1, 0.15) is 97.5 Å². The van der Waals surface area contributed by atoms with Crippen LogP contribution >= 0.6 is 0 Å². The summed E-state index contributed by atoms with van der Waals surface area (Å²) in [5.74, 6) is 2.61. The minimum atomic E-state index is -0.161. The summed E-state index contributed by atoms with van der Waals surface area (Å²) >= 11 is 0. The molecule has 0 radical (unpaired) electrons. The fourth-order valence-electron chi connectivity index (χ4n) is 7.25. The Morgan fingerprint density at radius 2 is 1.97 bits per heavy atom. The van der Waals surface area contributed by atoms with E-state index in [2.05, 4.69) is 59.4 Å². The molecule has 7 heteroatoms. The summed E-state index contributed by atoms with van der Waals surface area (Å²) in [6.45, 7) is 10.0. The van der Waals surface area contributed by atoms with E-state index in [0.717, 1.165) is 68.4 Å². The number of nitrogens with one attached hydrogen (secondary N) is 1. The average Bonchev–Trinajstić information content (AvgIpc) is 3.48. The van der Waals surface area contributed by atoms with Crippen molar-refractivity contribution in [3.63, 3.8) is 0 Å². The van der Waals surface area contributed by atoms with Gasteiger partial charge in [-0.3, -0.25) is 9.69 Å². The molecular weight excluding hydrogens is 472 g/mol. The molecule has 3 aliphatic rings. The number of nitrogens with zero attached hydrogens (tertiary/aromatic N) is 5. The largest absolute Gasteiger partial charge is 0.321 e. The second-order valence-electron chi connectivity index (χ2n) is 12.3. The van der Waals surface area contributed by atoms with E-state index in [-0.39, 0.29) is 11.3 Å². The molecule has 2 fully saturated rings. The van der Waals surface area contributed by atoms with E-state index >= 15 is 0 Å². The molecule has 0 spiro atoms. The summed E-state index contributed by atoms with van der Waals surface area (Å²) in [4.78, 5) is 21.0. The fourth-order valence-corrected chi connectivity index (χ4v) is 7.25. The van der Waals surface area contributed by atoms with Gasteiger partial charge in [0.05, 0.1) is 5.41 Å². The Balaban J connectivity index is 1.27. The van der Waals surface area contributed by atoms with E-state index in [0.29, 0.717) is 17.5 Å². The van der Waals surface area contributed by atoms with Crippen LogP contribution in [0, 0.1) is 11.8 Å². The molecule has 1 aromatic carbocycles. The molecule has 200 valence electrons. The molecule has 1 N–H and O–H groups in total. The molecular formula is C31H40N6O. The normalized spacial score (nSPS) is 27.1. The average molecular weight is 513 g/mol. The molecule has 2 aliphatic carbocycles. The first-order valence-corrected chi connectivity index (χ1v) is 14.3. The molecule has 1 unspecified atom stereocenters. The van der Waals surface area contributed by atoms with Gasteiger partial charge in [-0.25, -0.2) is 4.98 Å². The topological polar surface area (TPSA) is 75.9 Å². The number of piperidine rings is 1. The van der Waals surface area contributed by atoms with E-state index in [9.17, 15) is 4.79 Å². The number of benzene rings is 1. The molecule has 0 bridgehead atoms. The Morgan fingerprint density at radius 1 is 1.13 bits per heavy atom. The molecule has 7 nitrogen and oxygen atoms in total. The highest BCUT2D eigenvalue weighted by atomic mass is 16.1. The zero-order valence-corrected chi connectivity index (χ0v) is 23.2. The summed E-state index contributed by atoms with van der Waals surface area (Å²) in [7, 11) is 2.01. The number of rotatable bonds is 6. The first kappa shape index (κ1) is 25.2. The number of amides is 1. The van der Waals surface area contributed by atoms with Crippen molar-refractivity contribution >= 4 is 11.6 Å². The van der Waals surface area contributed by atoms with Crippen LogP contribution in [0.15, 0.2) is 36.7 Å². The minimum Gasteiger partial charge on any atom is -0.321 e. The van der Waals surface area contributed by atoms with Crippen LogP contribution in [0.4, 0.5) is 5.69 Å². The number of fused-ring (bicyclic) bond motifs is 1. The van der Waals surface area contributed by atoms with Crippen LogP contribution in [-0.2, 0) is 25.4 Å². The third kappa shape index (κ3) is 4.55. The smallest absolute Gasteiger partial charge is 0.274 e. The van der Waals surface area contributed by atoms with E-state index in [1.807, 2.05) is 23.7 Å². The van der Waals surface area contributed by atoms with Crippen molar-refractivity contribution in [1.82, 2.24) is 24.6 Å². The van der Waals surface area contributed by atoms with E-state index < -0.39 is 0 Å². The minimum absolute atomic E-state index is 0.132. The molecule has 2 atom stereocenters. The Hall–Kier alpha value is -3.06. The monoisotopic (exact) mass is 512 g/mol. The van der Waals surface area contributed by atoms with Gasteiger partial charge in [0.2, 0.25) is 0 Å². The van der Waals surface area contributed by atoms with Crippen molar-refractivity contribution < 1.29 is 4.79 Å². The Morgan fingerprint density at radius 3 is 2.71 bits per heavy atom. The highest BCUT2D eigenvalue weighted by Gasteiger charge is 2.48. The molecule has 1 amide bonds. The van der Waals surface area contributed by atoms with Gasteiger partial charge in [-0.15, -0.1) is 10.2 Å². The number of carbonyl (C=O) groups excluding carboxylic acids is 1. The standard InChI is InChI=1S/C31H40N6O/c1-20-7-6-12-37(17-20)18-23-13-27(34-28-22(3)10-11-26(23)28)29(38)33-25-9-5-8-24(14-25)31(15-21(2)16-31)30-35-32-19-36(30)4/h5,8-9,13-14,19-22H,6-7,10-12,15-18H2,1-4H3,(H,33,38)/t20-,21?,22?,31?/m0/s1. The summed E-state index contributed by atoms with van der Waals surface area (Å²) in [5.41, 5.74) is 6.14. The SMILES string of the molecule is CC1CC(c2cccc(NC(=O)c3cc(CN4CCC[C@H](C)C4)c4c(n3)C(C)CC4)c2)(c2nncn2C)C1. The highest BCUT2D eigenvalue weighted by molar-refractivity contribution is 6.03. The van der Waals surface area contributed by atoms with Gasteiger partial charge >= 0.3 is 0 Å². The summed E-state index contributed by atoms with van der Waals surface area (Å²) < 4.78 is 2.03. The number of carbonyl (C=O) groups is 1. The van der Waals surface area contributed by atoms with Crippen molar-refractivity contribution in [2.45, 2.75) is 77.2 Å². The first-order valence-electron chi connectivity index (χ1n) is 14.3. The van der Waals surface area contributed by atoms with E-state index in [4.69, 9.17) is 4.98 Å². The van der Waals surface area contributed by atoms with Crippen molar-refractivity contribution in [3.8, 4) is 0 Å². The van der Waals surface area contributed by atoms with Crippen LogP contribution in [-0.4, -0.2) is 43.6 Å². The maximum Gasteiger partial charge on any atom is 0.274 e. The van der Waals surface area contributed by atoms with Gasteiger partial charge in [0.15, 0.2) is 0 Å². The molecule has 38 heavy (non-hydrogen) atoms. The van der Waals surface area contributed by atoms with E-state index in [1.54, 1.807) is 6.33 Å². The number of hydrogen-bond acceptors (Lipinski definition) is 5. The molecule has 1 saturated carbocycles. The molecule has 6 rings (SSSR count). The number of pyridine rings is 1. The molecule has 3 aromatic rings. The van der Waals surface area contributed by atoms with Gasteiger partial charge in [-0.05, 0) is 97.7 Å². The van der Waals surface area contributed by atoms with Gasteiger partial charge in [0.25, 0.3) is 5.91 Å². The summed E-state index contributed by atoms with van der Waals surface area (Å²) in [6.07, 6.45) is 8.57. The van der Waals surface area contributed by atoms with Gasteiger partial charge in [0, 0.05) is 31.5 Å². The lowest BCUT2D eigenvalue weighted by atomic mass is 9.58. The first-order chi connectivity index (χ1) is 18.3. The quantitative estimate of drug-likeness (QED) is 0.475. The zero-order valence-electron chi connectivity index (χ0n) is 23.2. The molecule has 3 heterocycles. The predicted octanol–water partition coefficient (Wildman–Crippen LogP) is 5.46. The predicted molar refractivity (Wildman–Crippen MR) is 149 cm³/mol. The number of aryl methyl sites for hydroxylation is 1. The van der Waals surface area contributed by atoms with Crippen LogP contribution in [0.2, 0.25) is 0 Å². The van der Waals surface area contributed by atoms with Crippen LogP contribution in [0.5, 0.6) is 0 Å². The van der Waals surface area contributed by atoms with Crippen molar-refractivity contribution in [1.29, 1.82) is 0 Å². The van der Waals surface area contributed by atoms with Crippen LogP contribution in [0.25, 0.3) is 0 Å². The van der Waals surface area contributed by atoms with Gasteiger partial charge in [-0.1, -0.05) is 32.9 Å². The lowest BCUT2D eigenvalue weighted by Gasteiger charge is -2.46. The molecule has 1 aliphatic heterocycles. The zero-order chi connectivity index (χ0) is 26.4. The second-order valence-corrected chi connectivity index (χ2v) is 12.3. The Kier molecular flexibility index (Phi) is 6.58. The van der Waals surface area contributed by atoms with Gasteiger partial charge in [0.1, 0.15) is 17.8 Å². The van der Waals surface area contributed by atoms with Crippen molar-refractivity contribution in [3.05, 3.63) is 70.6 Å². The van der Waals surface area contributed by atoms with Gasteiger partial charge < -0.3 is 9.88 Å². The lowest BCUT2D eigenvalue weighted by Crippen LogP contribution is -2.43. The third-order valence-corrected chi connectivity index (χ3v) is 9.12. The number of hydrogen-bond donors (Lipinski definition) is 1. The second kappa shape index (κ2) is 9.92. The van der Waals surface area contributed by atoms with Gasteiger partial charge in [-0.2, -0.15) is 0 Å². The summed E-state index contributed by atoms with van der Waals surface area (Å²) in [6, 6.07) is 10.3. The van der Waals surface area contributed by atoms with E-state index in [1.165, 1.54) is 29.5 Å². The summed E-state index contributed by atoms with van der Waals surface area (Å²) in [5, 5.41) is 11.8. The maximum atomic E-state index is 13.6. The van der Waals surface area contributed by atoms with Crippen LogP contribution < -0.4 is 5.32 Å². The van der Waals surface area contributed by atoms with Crippen molar-refractivity contribution in [2.24, 2.45) is 18.9 Å². The lowest BCUT2D eigenvalue weighted by molar-refractivity contribution is 0.102. The maximum absolute atomic E-state index is 13.6. The van der Waals surface area contributed by atoms with Crippen LogP contribution in [0.3, 0.4) is 0 Å². The van der Waals surface area contributed by atoms with Crippen molar-refractivity contribution in [2.75, 3.05) is 18.4 Å². The highest BCUT2D eigenvalue weighted by Crippen LogP contribution is 2.51. The molecule has 2 aromatic heterocycles. The fraction of sp³-hybridized carbons (Fsp3) is 0.548. The molecule has 1 saturated heterocycles. The Labute approximate surface area is 226 Å². The number of anilines is 1.